The molecule has 2 atom stereocenters. The average molecular weight is 642 g/mol. The zero-order valence-electron chi connectivity index (χ0n) is 27.7. The maximum absolute atomic E-state index is 13.1. The molecule has 1 aromatic heterocycles. The van der Waals surface area contributed by atoms with Crippen molar-refractivity contribution >= 4 is 19.2 Å². The highest BCUT2D eigenvalue weighted by atomic mass is 31.2. The standard InChI is InChI=1S/C33H64N5O5P/c1-2-42-44(41,26-22-23-35-27-29-28-36-31-30(29)37-33(34)38-32(31)40)43-25-21-19-17-15-13-11-9-7-5-3-4-6-8-10-12-14-16-18-20-24-39/h29,35-36,39H,2-28H2,1H3,(H3,34,37,38,40). The van der Waals surface area contributed by atoms with Crippen molar-refractivity contribution in [3.8, 4) is 0 Å². The number of anilines is 2. The molecule has 0 fully saturated rings. The minimum Gasteiger partial charge on any atom is -0.396 e. The van der Waals surface area contributed by atoms with Gasteiger partial charge in [-0.3, -0.25) is 14.3 Å². The van der Waals surface area contributed by atoms with Gasteiger partial charge in [0.2, 0.25) is 5.95 Å². The maximum Gasteiger partial charge on any atom is 0.330 e. The van der Waals surface area contributed by atoms with Gasteiger partial charge in [0.05, 0.1) is 25.1 Å². The first kappa shape index (κ1) is 38.7. The maximum atomic E-state index is 13.1. The van der Waals surface area contributed by atoms with Crippen molar-refractivity contribution in [1.29, 1.82) is 0 Å². The Hall–Kier alpha value is -1.45. The number of unbranched alkanes of at least 4 members (excludes halogenated alkanes) is 18. The van der Waals surface area contributed by atoms with E-state index in [0.717, 1.165) is 19.3 Å². The number of aliphatic hydroxyl groups excluding tert-OH is 1. The zero-order valence-corrected chi connectivity index (χ0v) is 28.6. The number of aliphatic hydroxyl groups is 1. The molecule has 0 amide bonds. The van der Waals surface area contributed by atoms with E-state index in [1.165, 1.54) is 103 Å². The molecule has 44 heavy (non-hydrogen) atoms. The van der Waals surface area contributed by atoms with Gasteiger partial charge in [0.1, 0.15) is 5.69 Å². The molecule has 0 bridgehead atoms. The molecule has 0 saturated heterocycles. The van der Waals surface area contributed by atoms with Crippen LogP contribution in [0.4, 0.5) is 11.6 Å². The molecule has 256 valence electrons. The SMILES string of the molecule is CCOP(=O)(CCCNCC1CNc2c1nc(N)[nH]c2=O)OCCCCCCCCCCCCCCCCCCCCCO. The van der Waals surface area contributed by atoms with E-state index < -0.39 is 7.60 Å². The normalized spacial score (nSPS) is 15.7. The predicted molar refractivity (Wildman–Crippen MR) is 183 cm³/mol. The summed E-state index contributed by atoms with van der Waals surface area (Å²) in [6.45, 7) is 5.04. The summed E-state index contributed by atoms with van der Waals surface area (Å²) in [5.41, 5.74) is 6.67. The van der Waals surface area contributed by atoms with Crippen LogP contribution in [0, 0.1) is 0 Å². The minimum atomic E-state index is -3.08. The number of nitrogen functional groups attached to an aromatic ring is 1. The van der Waals surface area contributed by atoms with Crippen LogP contribution in [0.5, 0.6) is 0 Å². The fourth-order valence-corrected chi connectivity index (χ4v) is 7.60. The van der Waals surface area contributed by atoms with Gasteiger partial charge < -0.3 is 30.5 Å². The monoisotopic (exact) mass is 641 g/mol. The number of nitrogens with one attached hydrogen (secondary N) is 3. The molecule has 0 spiro atoms. The Bertz CT molecular complexity index is 963. The summed E-state index contributed by atoms with van der Waals surface area (Å²) in [5.74, 6) is 0.201. The van der Waals surface area contributed by atoms with Gasteiger partial charge in [-0.05, 0) is 32.7 Å². The number of H-pyrrole nitrogens is 1. The molecule has 11 heteroatoms. The molecule has 1 aliphatic heterocycles. The van der Waals surface area contributed by atoms with E-state index in [1.807, 2.05) is 6.92 Å². The number of aromatic nitrogens is 2. The van der Waals surface area contributed by atoms with Crippen molar-refractivity contribution in [2.24, 2.45) is 0 Å². The molecule has 2 heterocycles. The number of fused-ring (bicyclic) bond motifs is 1. The van der Waals surface area contributed by atoms with E-state index in [-0.39, 0.29) is 17.4 Å². The lowest BCUT2D eigenvalue weighted by atomic mass is 10.0. The van der Waals surface area contributed by atoms with Gasteiger partial charge in [0, 0.05) is 25.6 Å². The lowest BCUT2D eigenvalue weighted by Gasteiger charge is -2.18. The number of hydrogen-bond acceptors (Lipinski definition) is 9. The van der Waals surface area contributed by atoms with Crippen LogP contribution in [0.2, 0.25) is 0 Å². The highest BCUT2D eigenvalue weighted by Crippen LogP contribution is 2.48. The molecule has 0 radical (unpaired) electrons. The van der Waals surface area contributed by atoms with Crippen LogP contribution in [-0.4, -0.2) is 60.7 Å². The topological polar surface area (TPSA) is 152 Å². The van der Waals surface area contributed by atoms with Gasteiger partial charge in [0.15, 0.2) is 0 Å². The van der Waals surface area contributed by atoms with E-state index >= 15 is 0 Å². The largest absolute Gasteiger partial charge is 0.396 e. The van der Waals surface area contributed by atoms with Crippen LogP contribution in [-0.2, 0) is 13.6 Å². The van der Waals surface area contributed by atoms with E-state index in [2.05, 4.69) is 20.6 Å². The first-order valence-electron chi connectivity index (χ1n) is 17.8. The van der Waals surface area contributed by atoms with E-state index in [9.17, 15) is 9.36 Å². The Morgan fingerprint density at radius 2 is 1.36 bits per heavy atom. The van der Waals surface area contributed by atoms with Crippen molar-refractivity contribution in [1.82, 2.24) is 15.3 Å². The number of aromatic amines is 1. The van der Waals surface area contributed by atoms with Crippen LogP contribution in [0.3, 0.4) is 0 Å². The molecule has 1 aromatic rings. The second kappa shape index (κ2) is 24.7. The molecule has 1 aliphatic rings. The Balaban J connectivity index is 1.38. The molecule has 2 unspecified atom stereocenters. The number of hydrogen-bond donors (Lipinski definition) is 5. The minimum absolute atomic E-state index is 0.0685. The van der Waals surface area contributed by atoms with Crippen LogP contribution >= 0.6 is 7.60 Å². The number of rotatable bonds is 30. The van der Waals surface area contributed by atoms with Crippen LogP contribution < -0.4 is 21.9 Å². The second-order valence-corrected chi connectivity index (χ2v) is 14.6. The van der Waals surface area contributed by atoms with Gasteiger partial charge in [-0.15, -0.1) is 0 Å². The van der Waals surface area contributed by atoms with Crippen LogP contribution in [0.25, 0.3) is 0 Å². The molecule has 0 aromatic carbocycles. The van der Waals surface area contributed by atoms with Gasteiger partial charge in [-0.1, -0.05) is 109 Å². The van der Waals surface area contributed by atoms with Crippen LogP contribution in [0.1, 0.15) is 147 Å². The van der Waals surface area contributed by atoms with Crippen molar-refractivity contribution in [3.05, 3.63) is 16.0 Å². The van der Waals surface area contributed by atoms with Gasteiger partial charge in [0.25, 0.3) is 5.56 Å². The van der Waals surface area contributed by atoms with Crippen LogP contribution in [0.15, 0.2) is 4.79 Å². The Morgan fingerprint density at radius 3 is 1.89 bits per heavy atom. The molecule has 2 rings (SSSR count). The molecular formula is C33H64N5O5P. The summed E-state index contributed by atoms with van der Waals surface area (Å²) in [4.78, 5) is 18.8. The lowest BCUT2D eigenvalue weighted by Crippen LogP contribution is -2.25. The van der Waals surface area contributed by atoms with E-state index in [1.54, 1.807) is 0 Å². The lowest BCUT2D eigenvalue weighted by molar-refractivity contribution is 0.207. The summed E-state index contributed by atoms with van der Waals surface area (Å²) >= 11 is 0. The summed E-state index contributed by atoms with van der Waals surface area (Å²) in [6.07, 6.45) is 25.4. The first-order valence-corrected chi connectivity index (χ1v) is 19.5. The van der Waals surface area contributed by atoms with Crippen molar-refractivity contribution in [3.63, 3.8) is 0 Å². The smallest absolute Gasteiger partial charge is 0.330 e. The van der Waals surface area contributed by atoms with Gasteiger partial charge >= 0.3 is 7.60 Å². The molecule has 6 N–H and O–H groups in total. The molecule has 0 aliphatic carbocycles. The summed E-state index contributed by atoms with van der Waals surface area (Å²) in [6, 6.07) is 0. The zero-order chi connectivity index (χ0) is 31.7. The van der Waals surface area contributed by atoms with Crippen molar-refractivity contribution < 1.29 is 18.7 Å². The highest BCUT2D eigenvalue weighted by molar-refractivity contribution is 7.53. The third-order valence-corrected chi connectivity index (χ3v) is 10.6. The fourth-order valence-electron chi connectivity index (χ4n) is 5.93. The fraction of sp³-hybridized carbons (Fsp3) is 0.879. The Labute approximate surface area is 267 Å². The summed E-state index contributed by atoms with van der Waals surface area (Å²) in [5, 5.41) is 15.3. The average Bonchev–Trinajstić information content (AvgIpc) is 3.41. The predicted octanol–water partition coefficient (Wildman–Crippen LogP) is 7.49. The summed E-state index contributed by atoms with van der Waals surface area (Å²) in [7, 11) is -3.08. The van der Waals surface area contributed by atoms with Crippen molar-refractivity contribution in [2.75, 3.05) is 56.7 Å². The Morgan fingerprint density at radius 1 is 0.841 bits per heavy atom. The van der Waals surface area contributed by atoms with E-state index in [0.29, 0.717) is 63.4 Å². The highest BCUT2D eigenvalue weighted by Gasteiger charge is 2.27. The van der Waals surface area contributed by atoms with Gasteiger partial charge in [-0.25, -0.2) is 4.98 Å². The molecule has 0 saturated carbocycles. The number of nitrogens with two attached hydrogens (primary N) is 1. The molecule has 10 nitrogen and oxygen atoms in total. The third-order valence-electron chi connectivity index (χ3n) is 8.47. The summed E-state index contributed by atoms with van der Waals surface area (Å²) < 4.78 is 24.5. The van der Waals surface area contributed by atoms with Gasteiger partial charge in [-0.2, -0.15) is 0 Å². The molecular weight excluding hydrogens is 577 g/mol. The number of nitrogens with zero attached hydrogens (tertiary/aromatic N) is 1. The quantitative estimate of drug-likeness (QED) is 0.0425. The third kappa shape index (κ3) is 17.3. The first-order chi connectivity index (χ1) is 21.5. The van der Waals surface area contributed by atoms with Crippen molar-refractivity contribution in [2.45, 2.75) is 141 Å². The van der Waals surface area contributed by atoms with E-state index in [4.69, 9.17) is 19.9 Å². The second-order valence-electron chi connectivity index (χ2n) is 12.4. The Kier molecular flexibility index (Phi) is 21.8.